The van der Waals surface area contributed by atoms with Gasteiger partial charge in [0.15, 0.2) is 11.5 Å². The number of methoxy groups -OCH3 is 2. The fourth-order valence-electron chi connectivity index (χ4n) is 5.54. The first-order valence-corrected chi connectivity index (χ1v) is 18.1. The summed E-state index contributed by atoms with van der Waals surface area (Å²) in [5.74, 6) is -3.04. The summed E-state index contributed by atoms with van der Waals surface area (Å²) in [4.78, 5) is 10.1. The molecule has 0 aliphatic carbocycles. The second-order valence-corrected chi connectivity index (χ2v) is 14.2. The molecule has 22 heteroatoms. The molecule has 0 aromatic heterocycles. The summed E-state index contributed by atoms with van der Waals surface area (Å²) < 4.78 is 79.3. The number of azo groups is 2. The van der Waals surface area contributed by atoms with Crippen molar-refractivity contribution in [2.24, 2.45) is 20.5 Å². The number of fused-ring (bicyclic) bond motifs is 2. The Balaban J connectivity index is 0.00000290. The molecule has 6 aromatic rings. The molecule has 6 aromatic carbocycles. The Bertz CT molecular complexity index is 2840. The molecule has 6 N–H and O–H groups in total. The van der Waals surface area contributed by atoms with E-state index in [1.165, 1.54) is 38.5 Å². The van der Waals surface area contributed by atoms with E-state index in [0.29, 0.717) is 11.1 Å². The Hall–Kier alpha value is -3.67. The second-order valence-electron chi connectivity index (χ2n) is 11.4. The maximum atomic E-state index is 12.3. The second kappa shape index (κ2) is 18.9. The average Bonchev–Trinajstić information content (AvgIpc) is 3.13. The third-order valence-electron chi connectivity index (χ3n) is 8.13. The van der Waals surface area contributed by atoms with Crippen molar-refractivity contribution in [1.82, 2.24) is 0 Å². The Morgan fingerprint density at radius 3 is 1.60 bits per heavy atom. The largest absolute Gasteiger partial charge is 0.507 e. The number of aromatic carboxylic acids is 1. The molecule has 0 aliphatic rings. The number of hydrogen-bond donors (Lipinski definition) is 6. The average molecular weight is 844 g/mol. The van der Waals surface area contributed by atoms with Crippen LogP contribution in [-0.4, -0.2) is 155 Å². The zero-order valence-electron chi connectivity index (χ0n) is 30.7. The van der Waals surface area contributed by atoms with Crippen molar-refractivity contribution >= 4 is 159 Å². The normalized spacial score (nSPS) is 11.6. The molecule has 0 fully saturated rings. The molecule has 0 aliphatic heterocycles. The summed E-state index contributed by atoms with van der Waals surface area (Å²) in [5, 5.41) is 57.1. The quantitative estimate of drug-likeness (QED) is 0.0478. The Labute approximate surface area is 390 Å². The fourth-order valence-corrected chi connectivity index (χ4v) is 6.92. The summed E-state index contributed by atoms with van der Waals surface area (Å²) in [6, 6.07) is 19.1. The molecule has 6 rings (SSSR count). The molecule has 0 spiro atoms. The number of aromatic hydroxyl groups is 3. The first-order valence-electron chi connectivity index (χ1n) is 15.2. The van der Waals surface area contributed by atoms with E-state index in [2.05, 4.69) is 20.5 Å². The van der Waals surface area contributed by atoms with Crippen molar-refractivity contribution in [3.8, 4) is 39.9 Å². The maximum Gasteiger partial charge on any atom is 0.339 e. The topological polar surface area (TPSA) is 275 Å². The number of benzene rings is 6. The van der Waals surface area contributed by atoms with E-state index >= 15 is 0 Å². The predicted molar refractivity (Wildman–Crippen MR) is 210 cm³/mol. The van der Waals surface area contributed by atoms with E-state index < -0.39 is 58.7 Å². The van der Waals surface area contributed by atoms with Crippen LogP contribution < -0.4 is 9.47 Å². The minimum absolute atomic E-state index is 0. The van der Waals surface area contributed by atoms with E-state index in [9.17, 15) is 51.2 Å². The van der Waals surface area contributed by atoms with Gasteiger partial charge in [-0.25, -0.2) is 4.79 Å². The number of carboxylic acids is 1. The SMILES string of the molecule is COc1cc(-c2ccc(N=Nc3c(S(=O)(=O)O)cc4cc(C(=O)O)c(O)cc4c3O)c(OC)c2)ccc1N=Nc1cc(S(=O)(=O)O)c2ccccc2c1O.[Na].[Na].[Na]. The van der Waals surface area contributed by atoms with Crippen molar-refractivity contribution < 1.29 is 60.6 Å². The van der Waals surface area contributed by atoms with Gasteiger partial charge in [0.1, 0.15) is 55.4 Å². The van der Waals surface area contributed by atoms with Gasteiger partial charge in [0, 0.05) is 105 Å². The molecule has 0 saturated carbocycles. The Morgan fingerprint density at radius 2 is 1.09 bits per heavy atom. The number of phenols is 3. The van der Waals surface area contributed by atoms with Crippen molar-refractivity contribution in [2.45, 2.75) is 9.79 Å². The first kappa shape index (κ1) is 47.7. The van der Waals surface area contributed by atoms with E-state index in [-0.39, 0.29) is 145 Å². The number of hydrogen-bond acceptors (Lipinski definition) is 14. The van der Waals surface area contributed by atoms with Crippen molar-refractivity contribution in [3.63, 3.8) is 0 Å². The van der Waals surface area contributed by atoms with Gasteiger partial charge in [-0.2, -0.15) is 16.8 Å². The van der Waals surface area contributed by atoms with Gasteiger partial charge in [-0.15, -0.1) is 20.5 Å². The molecule has 0 bridgehead atoms. The molecule has 3 radical (unpaired) electrons. The molecule has 0 unspecified atom stereocenters. The molecular formula is C35H26N4Na3O13S2. The smallest absolute Gasteiger partial charge is 0.339 e. The zero-order valence-corrected chi connectivity index (χ0v) is 38.4. The van der Waals surface area contributed by atoms with Crippen molar-refractivity contribution in [3.05, 3.63) is 90.5 Å². The minimum Gasteiger partial charge on any atom is -0.507 e. The minimum atomic E-state index is -5.03. The van der Waals surface area contributed by atoms with Gasteiger partial charge in [-0.3, -0.25) is 9.11 Å². The van der Waals surface area contributed by atoms with Crippen LogP contribution in [0.4, 0.5) is 22.7 Å². The van der Waals surface area contributed by atoms with Gasteiger partial charge >= 0.3 is 5.97 Å². The fraction of sp³-hybridized carbons (Fsp3) is 0.0571. The van der Waals surface area contributed by atoms with Gasteiger partial charge in [0.2, 0.25) is 0 Å². The predicted octanol–water partition coefficient (Wildman–Crippen LogP) is 6.67. The summed E-state index contributed by atoms with van der Waals surface area (Å²) >= 11 is 0. The van der Waals surface area contributed by atoms with Gasteiger partial charge in [0.25, 0.3) is 20.2 Å². The van der Waals surface area contributed by atoms with Crippen LogP contribution >= 0.6 is 0 Å². The zero-order chi connectivity index (χ0) is 39.1. The van der Waals surface area contributed by atoms with Crippen LogP contribution in [-0.2, 0) is 20.2 Å². The van der Waals surface area contributed by atoms with Crippen LogP contribution in [0, 0.1) is 0 Å². The van der Waals surface area contributed by atoms with E-state index in [0.717, 1.165) is 24.3 Å². The third-order valence-corrected chi connectivity index (χ3v) is 9.89. The summed E-state index contributed by atoms with van der Waals surface area (Å²) in [6.45, 7) is 0. The molecular weight excluding hydrogens is 818 g/mol. The van der Waals surface area contributed by atoms with Gasteiger partial charge in [-0.05, 0) is 65.0 Å². The number of carbonyl (C=O) groups is 1. The molecule has 279 valence electrons. The van der Waals surface area contributed by atoms with Gasteiger partial charge in [0.05, 0.1) is 14.2 Å². The monoisotopic (exact) mass is 843 g/mol. The van der Waals surface area contributed by atoms with Crippen LogP contribution in [0.1, 0.15) is 10.4 Å². The third kappa shape index (κ3) is 9.97. The number of ether oxygens (including phenoxy) is 2. The summed E-state index contributed by atoms with van der Waals surface area (Å²) in [6.07, 6.45) is 0. The standard InChI is InChI=1S/C35H26N4O13S2.3Na/c1-51-28-12-17(7-9-24(28)36-38-26-16-30(53(45,46)47)20-5-3-4-6-21(20)33(26)41)18-8-10-25(29(13-18)52-2)37-39-32-31(54(48,49)50)14-19-11-23(35(43)44)27(40)15-22(19)34(32)42;;;/h3-16,40-42H,1-2H3,(H,43,44)(H,45,46,47)(H,48,49,50);;;. The number of phenolic OH excluding ortho intramolecular Hbond substituents is 2. The van der Waals surface area contributed by atoms with Crippen LogP contribution in [0.25, 0.3) is 32.7 Å². The van der Waals surface area contributed by atoms with Crippen molar-refractivity contribution in [1.29, 1.82) is 0 Å². The summed E-state index contributed by atoms with van der Waals surface area (Å²) in [7, 11) is -7.00. The van der Waals surface area contributed by atoms with E-state index in [1.54, 1.807) is 36.4 Å². The molecule has 17 nitrogen and oxygen atoms in total. The van der Waals surface area contributed by atoms with E-state index in [1.807, 2.05) is 0 Å². The Kier molecular flexibility index (Phi) is 15.8. The van der Waals surface area contributed by atoms with Crippen LogP contribution in [0.2, 0.25) is 0 Å². The van der Waals surface area contributed by atoms with Crippen molar-refractivity contribution in [2.75, 3.05) is 14.2 Å². The molecule has 0 saturated heterocycles. The first-order chi connectivity index (χ1) is 25.5. The number of rotatable bonds is 10. The maximum absolute atomic E-state index is 12.3. The molecule has 0 atom stereocenters. The number of carboxylic acid groups (broad SMARTS) is 1. The van der Waals surface area contributed by atoms with Crippen LogP contribution in [0.5, 0.6) is 28.7 Å². The Morgan fingerprint density at radius 1 is 0.579 bits per heavy atom. The van der Waals surface area contributed by atoms with Gasteiger partial charge in [-0.1, -0.05) is 36.4 Å². The molecule has 0 heterocycles. The number of nitrogens with zero attached hydrogens (tertiary/aromatic N) is 4. The summed E-state index contributed by atoms with van der Waals surface area (Å²) in [5.41, 5.74) is -0.102. The molecule has 57 heavy (non-hydrogen) atoms. The molecule has 0 amide bonds. The van der Waals surface area contributed by atoms with Crippen LogP contribution in [0.15, 0.2) is 115 Å². The van der Waals surface area contributed by atoms with Gasteiger partial charge < -0.3 is 29.9 Å². The van der Waals surface area contributed by atoms with E-state index in [4.69, 9.17) is 9.47 Å². The van der Waals surface area contributed by atoms with Crippen LogP contribution in [0.3, 0.4) is 0 Å².